The second-order valence-electron chi connectivity index (χ2n) is 5.46. The SMILES string of the molecule is Cc1nn(CC(=O)NCC(=O)N2CCCCC2)c(C)c1N. The van der Waals surface area contributed by atoms with Crippen LogP contribution < -0.4 is 11.1 Å². The molecule has 21 heavy (non-hydrogen) atoms. The maximum absolute atomic E-state index is 11.9. The number of hydrogen-bond donors (Lipinski definition) is 2. The van der Waals surface area contributed by atoms with Crippen molar-refractivity contribution in [1.29, 1.82) is 0 Å². The zero-order valence-corrected chi connectivity index (χ0v) is 12.7. The molecular weight excluding hydrogens is 270 g/mol. The van der Waals surface area contributed by atoms with E-state index in [-0.39, 0.29) is 24.9 Å². The van der Waals surface area contributed by atoms with E-state index in [2.05, 4.69) is 10.4 Å². The Kier molecular flexibility index (Phi) is 4.82. The third-order valence-corrected chi connectivity index (χ3v) is 3.88. The van der Waals surface area contributed by atoms with Gasteiger partial charge in [0.1, 0.15) is 6.54 Å². The standard InChI is InChI=1S/C14H23N5O2/c1-10-14(15)11(2)19(17-10)9-12(20)16-8-13(21)18-6-4-3-5-7-18/h3-9,15H2,1-2H3,(H,16,20). The topological polar surface area (TPSA) is 93.2 Å². The molecule has 1 fully saturated rings. The van der Waals surface area contributed by atoms with Gasteiger partial charge in [0.15, 0.2) is 0 Å². The quantitative estimate of drug-likeness (QED) is 0.830. The average Bonchev–Trinajstić information content (AvgIpc) is 2.73. The number of rotatable bonds is 4. The normalized spacial score (nSPS) is 15.0. The second kappa shape index (κ2) is 6.60. The molecule has 7 nitrogen and oxygen atoms in total. The van der Waals surface area contributed by atoms with Crippen molar-refractivity contribution < 1.29 is 9.59 Å². The molecule has 3 N–H and O–H groups in total. The number of hydrogen-bond acceptors (Lipinski definition) is 4. The van der Waals surface area contributed by atoms with E-state index in [1.54, 1.807) is 11.6 Å². The fraction of sp³-hybridized carbons (Fsp3) is 0.643. The molecule has 1 aromatic heterocycles. The van der Waals surface area contributed by atoms with Crippen LogP contribution in [-0.4, -0.2) is 46.1 Å². The van der Waals surface area contributed by atoms with E-state index >= 15 is 0 Å². The van der Waals surface area contributed by atoms with Crippen molar-refractivity contribution >= 4 is 17.5 Å². The van der Waals surface area contributed by atoms with Gasteiger partial charge in [0, 0.05) is 13.1 Å². The van der Waals surface area contributed by atoms with Gasteiger partial charge in [0.2, 0.25) is 11.8 Å². The summed E-state index contributed by atoms with van der Waals surface area (Å²) in [6.45, 7) is 5.34. The molecular formula is C14H23N5O2. The summed E-state index contributed by atoms with van der Waals surface area (Å²) in [7, 11) is 0. The molecule has 0 aliphatic carbocycles. The number of likely N-dealkylation sites (tertiary alicyclic amines) is 1. The number of aryl methyl sites for hydroxylation is 1. The van der Waals surface area contributed by atoms with Gasteiger partial charge < -0.3 is 16.0 Å². The number of nitrogens with two attached hydrogens (primary N) is 1. The van der Waals surface area contributed by atoms with Gasteiger partial charge in [0.05, 0.1) is 23.6 Å². The second-order valence-corrected chi connectivity index (χ2v) is 5.46. The number of nitrogens with one attached hydrogen (secondary N) is 1. The van der Waals surface area contributed by atoms with Gasteiger partial charge in [-0.15, -0.1) is 0 Å². The summed E-state index contributed by atoms with van der Waals surface area (Å²) in [4.78, 5) is 25.6. The van der Waals surface area contributed by atoms with Crippen molar-refractivity contribution in [1.82, 2.24) is 20.0 Å². The van der Waals surface area contributed by atoms with Gasteiger partial charge in [0.25, 0.3) is 0 Å². The van der Waals surface area contributed by atoms with Crippen molar-refractivity contribution in [3.63, 3.8) is 0 Å². The van der Waals surface area contributed by atoms with Gasteiger partial charge in [-0.1, -0.05) is 0 Å². The first-order valence-electron chi connectivity index (χ1n) is 7.33. The van der Waals surface area contributed by atoms with Gasteiger partial charge in [-0.05, 0) is 33.1 Å². The molecule has 1 aliphatic heterocycles. The summed E-state index contributed by atoms with van der Waals surface area (Å²) >= 11 is 0. The van der Waals surface area contributed by atoms with E-state index < -0.39 is 0 Å². The maximum Gasteiger partial charge on any atom is 0.242 e. The molecule has 1 aliphatic rings. The Morgan fingerprint density at radius 1 is 1.24 bits per heavy atom. The monoisotopic (exact) mass is 293 g/mol. The van der Waals surface area contributed by atoms with E-state index in [0.29, 0.717) is 11.4 Å². The van der Waals surface area contributed by atoms with Crippen LogP contribution in [0.4, 0.5) is 5.69 Å². The van der Waals surface area contributed by atoms with E-state index in [9.17, 15) is 9.59 Å². The molecule has 0 saturated carbocycles. The Labute approximate surface area is 124 Å². The largest absolute Gasteiger partial charge is 0.396 e. The Morgan fingerprint density at radius 3 is 2.48 bits per heavy atom. The van der Waals surface area contributed by atoms with Crippen LogP contribution in [-0.2, 0) is 16.1 Å². The minimum Gasteiger partial charge on any atom is -0.396 e. The van der Waals surface area contributed by atoms with Crippen LogP contribution in [0.2, 0.25) is 0 Å². The average molecular weight is 293 g/mol. The lowest BCUT2D eigenvalue weighted by Gasteiger charge is -2.26. The lowest BCUT2D eigenvalue weighted by molar-refractivity contribution is -0.133. The summed E-state index contributed by atoms with van der Waals surface area (Å²) in [5.74, 6) is -0.248. The molecule has 2 heterocycles. The summed E-state index contributed by atoms with van der Waals surface area (Å²) in [5, 5.41) is 6.85. The van der Waals surface area contributed by atoms with Crippen molar-refractivity contribution in [3.8, 4) is 0 Å². The molecule has 0 unspecified atom stereocenters. The number of carbonyl (C=O) groups is 2. The van der Waals surface area contributed by atoms with Crippen molar-refractivity contribution in [2.24, 2.45) is 0 Å². The summed E-state index contributed by atoms with van der Waals surface area (Å²) in [6, 6.07) is 0. The first-order valence-corrected chi connectivity index (χ1v) is 7.33. The first kappa shape index (κ1) is 15.3. The van der Waals surface area contributed by atoms with Crippen molar-refractivity contribution in [3.05, 3.63) is 11.4 Å². The van der Waals surface area contributed by atoms with E-state index in [1.165, 1.54) is 6.42 Å². The molecule has 0 bridgehead atoms. The van der Waals surface area contributed by atoms with Crippen LogP contribution in [0.5, 0.6) is 0 Å². The molecule has 1 aromatic rings. The Balaban J connectivity index is 1.81. The van der Waals surface area contributed by atoms with Crippen LogP contribution in [0.15, 0.2) is 0 Å². The van der Waals surface area contributed by atoms with Gasteiger partial charge >= 0.3 is 0 Å². The number of piperidine rings is 1. The van der Waals surface area contributed by atoms with Crippen LogP contribution in [0.25, 0.3) is 0 Å². The number of amides is 2. The molecule has 0 aromatic carbocycles. The maximum atomic E-state index is 11.9. The number of aromatic nitrogens is 2. The van der Waals surface area contributed by atoms with E-state index in [1.807, 2.05) is 11.8 Å². The fourth-order valence-electron chi connectivity index (χ4n) is 2.49. The van der Waals surface area contributed by atoms with Crippen LogP contribution in [0, 0.1) is 13.8 Å². The third kappa shape index (κ3) is 3.74. The highest BCUT2D eigenvalue weighted by Crippen LogP contribution is 2.14. The predicted molar refractivity (Wildman–Crippen MR) is 79.6 cm³/mol. The highest BCUT2D eigenvalue weighted by molar-refractivity contribution is 5.84. The highest BCUT2D eigenvalue weighted by atomic mass is 16.2. The predicted octanol–water partition coefficient (Wildman–Crippen LogP) is 0.211. The minimum absolute atomic E-state index is 0.0177. The highest BCUT2D eigenvalue weighted by Gasteiger charge is 2.17. The lowest BCUT2D eigenvalue weighted by Crippen LogP contribution is -2.43. The molecule has 0 radical (unpaired) electrons. The van der Waals surface area contributed by atoms with E-state index in [4.69, 9.17) is 5.73 Å². The van der Waals surface area contributed by atoms with Gasteiger partial charge in [-0.2, -0.15) is 5.10 Å². The van der Waals surface area contributed by atoms with Crippen LogP contribution in [0.3, 0.4) is 0 Å². The minimum atomic E-state index is -0.231. The first-order chi connectivity index (χ1) is 9.99. The van der Waals surface area contributed by atoms with Gasteiger partial charge in [-0.3, -0.25) is 14.3 Å². The molecule has 0 atom stereocenters. The molecule has 0 spiro atoms. The van der Waals surface area contributed by atoms with Crippen LogP contribution in [0.1, 0.15) is 30.7 Å². The number of carbonyl (C=O) groups excluding carboxylic acids is 2. The van der Waals surface area contributed by atoms with E-state index in [0.717, 1.165) is 31.6 Å². The third-order valence-electron chi connectivity index (χ3n) is 3.88. The summed E-state index contributed by atoms with van der Waals surface area (Å²) < 4.78 is 1.56. The molecule has 1 saturated heterocycles. The van der Waals surface area contributed by atoms with Crippen LogP contribution >= 0.6 is 0 Å². The number of nitrogens with zero attached hydrogens (tertiary/aromatic N) is 3. The zero-order chi connectivity index (χ0) is 15.4. The Morgan fingerprint density at radius 2 is 1.90 bits per heavy atom. The Bertz CT molecular complexity index is 532. The fourth-order valence-corrected chi connectivity index (χ4v) is 2.49. The Hall–Kier alpha value is -2.05. The molecule has 7 heteroatoms. The molecule has 116 valence electrons. The number of anilines is 1. The van der Waals surface area contributed by atoms with Crippen molar-refractivity contribution in [2.75, 3.05) is 25.4 Å². The summed E-state index contributed by atoms with van der Waals surface area (Å²) in [5.41, 5.74) is 7.91. The smallest absolute Gasteiger partial charge is 0.242 e. The number of nitrogen functional groups attached to an aromatic ring is 1. The molecule has 2 rings (SSSR count). The van der Waals surface area contributed by atoms with Crippen molar-refractivity contribution in [2.45, 2.75) is 39.7 Å². The zero-order valence-electron chi connectivity index (χ0n) is 12.7. The molecule has 2 amide bonds. The lowest BCUT2D eigenvalue weighted by atomic mass is 10.1. The summed E-state index contributed by atoms with van der Waals surface area (Å²) in [6.07, 6.45) is 3.27. The van der Waals surface area contributed by atoms with Gasteiger partial charge in [-0.25, -0.2) is 0 Å².